The first-order valence-electron chi connectivity index (χ1n) is 15.1. The Kier molecular flexibility index (Phi) is 9.48. The Morgan fingerprint density at radius 2 is 1.45 bits per heavy atom. The summed E-state index contributed by atoms with van der Waals surface area (Å²) in [6.45, 7) is 10.1. The maximum absolute atomic E-state index is 13.4. The van der Waals surface area contributed by atoms with E-state index in [1.807, 2.05) is 42.3 Å². The van der Waals surface area contributed by atoms with E-state index in [9.17, 15) is 9.59 Å². The van der Waals surface area contributed by atoms with Gasteiger partial charge in [-0.2, -0.15) is 0 Å². The van der Waals surface area contributed by atoms with Gasteiger partial charge in [0.15, 0.2) is 11.6 Å². The van der Waals surface area contributed by atoms with Gasteiger partial charge >= 0.3 is 0 Å². The first-order chi connectivity index (χ1) is 21.0. The molecule has 2 aromatic heterocycles. The Morgan fingerprint density at radius 3 is 1.98 bits per heavy atom. The second-order valence-corrected chi connectivity index (χ2v) is 12.2. The molecule has 2 amide bonds. The van der Waals surface area contributed by atoms with Gasteiger partial charge in [-0.3, -0.25) is 14.5 Å². The molecule has 0 saturated carbocycles. The first kappa shape index (κ1) is 31.8. The molecule has 44 heavy (non-hydrogen) atoms. The maximum Gasteiger partial charge on any atom is 0.291 e. The molecule has 5 rings (SSSR count). The maximum atomic E-state index is 13.4. The van der Waals surface area contributed by atoms with Crippen LogP contribution in [0.3, 0.4) is 0 Å². The van der Waals surface area contributed by atoms with Crippen molar-refractivity contribution in [3.05, 3.63) is 80.9 Å². The predicted molar refractivity (Wildman–Crippen MR) is 177 cm³/mol. The standard InChI is InChI=1S/C33H39Cl2N7O2/c1-7-11-26-22(8-2)36-30(40(26)5)32(43)38-23-14-9-12-20(28(23)34)21-13-10-15-24(29(21)35)39-33(44)31-37-25-18-42(19(3)4)17-16-27(25)41(31)6/h9-10,12-15,19H,7-8,11,16-18H2,1-6H3,(H,38,43)(H,39,44). The smallest absolute Gasteiger partial charge is 0.291 e. The van der Waals surface area contributed by atoms with Crippen LogP contribution in [-0.2, 0) is 39.9 Å². The van der Waals surface area contributed by atoms with E-state index in [1.54, 1.807) is 24.3 Å². The lowest BCUT2D eigenvalue weighted by Crippen LogP contribution is -2.36. The number of halogens is 2. The van der Waals surface area contributed by atoms with Gasteiger partial charge in [0, 0.05) is 62.2 Å². The highest BCUT2D eigenvalue weighted by Crippen LogP contribution is 2.40. The minimum absolute atomic E-state index is 0.330. The molecule has 0 fully saturated rings. The second kappa shape index (κ2) is 13.1. The summed E-state index contributed by atoms with van der Waals surface area (Å²) in [4.78, 5) is 38.4. The Morgan fingerprint density at radius 1 is 0.886 bits per heavy atom. The number of rotatable bonds is 9. The van der Waals surface area contributed by atoms with Crippen molar-refractivity contribution in [2.75, 3.05) is 17.2 Å². The van der Waals surface area contributed by atoms with E-state index in [0.29, 0.717) is 50.2 Å². The number of hydrogen-bond acceptors (Lipinski definition) is 5. The summed E-state index contributed by atoms with van der Waals surface area (Å²) >= 11 is 13.7. The SMILES string of the molecule is CCCc1c(CC)nc(C(=O)Nc2cccc(-c3cccc(NC(=O)c4nc5c(n4C)CCN(C(C)C)C5)c3Cl)c2Cl)n1C. The van der Waals surface area contributed by atoms with Crippen molar-refractivity contribution < 1.29 is 9.59 Å². The molecule has 0 unspecified atom stereocenters. The van der Waals surface area contributed by atoms with Gasteiger partial charge in [-0.15, -0.1) is 0 Å². The number of anilines is 2. The molecule has 2 N–H and O–H groups in total. The topological polar surface area (TPSA) is 97.1 Å². The molecule has 1 aliphatic rings. The highest BCUT2D eigenvalue weighted by Gasteiger charge is 2.27. The quantitative estimate of drug-likeness (QED) is 0.208. The fourth-order valence-electron chi connectivity index (χ4n) is 5.85. The molecule has 232 valence electrons. The van der Waals surface area contributed by atoms with Crippen molar-refractivity contribution in [2.45, 2.75) is 66.0 Å². The average Bonchev–Trinajstić information content (AvgIpc) is 3.51. The van der Waals surface area contributed by atoms with Crippen molar-refractivity contribution in [2.24, 2.45) is 14.1 Å². The van der Waals surface area contributed by atoms with E-state index in [-0.39, 0.29) is 11.8 Å². The summed E-state index contributed by atoms with van der Waals surface area (Å²) in [6.07, 6.45) is 3.40. The van der Waals surface area contributed by atoms with Crippen LogP contribution < -0.4 is 10.6 Å². The fraction of sp³-hybridized carbons (Fsp3) is 0.394. The zero-order chi connectivity index (χ0) is 31.7. The number of amides is 2. The zero-order valence-corrected chi connectivity index (χ0v) is 27.6. The monoisotopic (exact) mass is 635 g/mol. The summed E-state index contributed by atoms with van der Waals surface area (Å²) in [6, 6.07) is 11.1. The normalized spacial score (nSPS) is 13.3. The number of hydrogen-bond donors (Lipinski definition) is 2. The number of nitrogens with one attached hydrogen (secondary N) is 2. The zero-order valence-electron chi connectivity index (χ0n) is 26.1. The van der Waals surface area contributed by atoms with Crippen LogP contribution in [0.25, 0.3) is 11.1 Å². The molecule has 1 aliphatic heterocycles. The van der Waals surface area contributed by atoms with Crippen LogP contribution in [0, 0.1) is 0 Å². The van der Waals surface area contributed by atoms with Crippen molar-refractivity contribution in [3.8, 4) is 11.1 Å². The van der Waals surface area contributed by atoms with Crippen LogP contribution >= 0.6 is 23.2 Å². The van der Waals surface area contributed by atoms with E-state index >= 15 is 0 Å². The summed E-state index contributed by atoms with van der Waals surface area (Å²) in [5, 5.41) is 6.54. The number of carbonyl (C=O) groups excluding carboxylic acids is 2. The van der Waals surface area contributed by atoms with Gasteiger partial charge in [0.2, 0.25) is 0 Å². The molecule has 3 heterocycles. The Hall–Kier alpha value is -3.66. The molecule has 9 nitrogen and oxygen atoms in total. The van der Waals surface area contributed by atoms with Gasteiger partial charge in [0.25, 0.3) is 11.8 Å². The van der Waals surface area contributed by atoms with E-state index in [0.717, 1.165) is 61.5 Å². The Labute approximate surface area is 268 Å². The number of imidazole rings is 2. The van der Waals surface area contributed by atoms with Crippen LogP contribution in [0.1, 0.15) is 78.1 Å². The Balaban J connectivity index is 1.39. The van der Waals surface area contributed by atoms with Crippen LogP contribution in [0.2, 0.25) is 10.0 Å². The summed E-state index contributed by atoms with van der Waals surface area (Å²) < 4.78 is 3.73. The van der Waals surface area contributed by atoms with Gasteiger partial charge in [0.1, 0.15) is 0 Å². The lowest BCUT2D eigenvalue weighted by molar-refractivity contribution is 0.100. The molecular weight excluding hydrogens is 597 g/mol. The van der Waals surface area contributed by atoms with Gasteiger partial charge < -0.3 is 19.8 Å². The molecule has 2 aromatic carbocycles. The molecule has 0 radical (unpaired) electrons. The minimum atomic E-state index is -0.343. The molecule has 0 spiro atoms. The van der Waals surface area contributed by atoms with Crippen LogP contribution in [-0.4, -0.2) is 48.4 Å². The van der Waals surface area contributed by atoms with Gasteiger partial charge in [-0.05, 0) is 38.8 Å². The number of nitrogens with zero attached hydrogens (tertiary/aromatic N) is 5. The summed E-state index contributed by atoms with van der Waals surface area (Å²) in [5.74, 6) is -0.00655. The lowest BCUT2D eigenvalue weighted by atomic mass is 10.0. The highest BCUT2D eigenvalue weighted by molar-refractivity contribution is 6.40. The van der Waals surface area contributed by atoms with Crippen LogP contribution in [0.15, 0.2) is 36.4 Å². The second-order valence-electron chi connectivity index (χ2n) is 11.4. The number of benzene rings is 2. The van der Waals surface area contributed by atoms with Crippen molar-refractivity contribution in [1.29, 1.82) is 0 Å². The summed E-state index contributed by atoms with van der Waals surface area (Å²) in [7, 11) is 3.74. The van der Waals surface area contributed by atoms with Gasteiger partial charge in [-0.1, -0.05) is 67.7 Å². The van der Waals surface area contributed by atoms with E-state index in [4.69, 9.17) is 28.2 Å². The van der Waals surface area contributed by atoms with Crippen molar-refractivity contribution >= 4 is 46.4 Å². The Bertz CT molecular complexity index is 1720. The number of carbonyl (C=O) groups is 2. The molecule has 0 atom stereocenters. The lowest BCUT2D eigenvalue weighted by Gasteiger charge is -2.29. The predicted octanol–water partition coefficient (Wildman–Crippen LogP) is 6.91. The van der Waals surface area contributed by atoms with Gasteiger partial charge in [-0.25, -0.2) is 9.97 Å². The van der Waals surface area contributed by atoms with Crippen molar-refractivity contribution in [3.63, 3.8) is 0 Å². The van der Waals surface area contributed by atoms with E-state index < -0.39 is 0 Å². The summed E-state index contributed by atoms with van der Waals surface area (Å²) in [5.41, 5.74) is 6.11. The third-order valence-corrected chi connectivity index (χ3v) is 9.14. The van der Waals surface area contributed by atoms with Gasteiger partial charge in [0.05, 0.1) is 32.8 Å². The average molecular weight is 637 g/mol. The third kappa shape index (κ3) is 6.01. The molecule has 0 saturated heterocycles. The van der Waals surface area contributed by atoms with E-state index in [1.165, 1.54) is 0 Å². The van der Waals surface area contributed by atoms with Crippen LogP contribution in [0.4, 0.5) is 11.4 Å². The third-order valence-electron chi connectivity index (χ3n) is 8.32. The number of aromatic nitrogens is 4. The number of fused-ring (bicyclic) bond motifs is 1. The molecule has 0 bridgehead atoms. The molecule has 4 aromatic rings. The largest absolute Gasteiger partial charge is 0.327 e. The van der Waals surface area contributed by atoms with Crippen molar-refractivity contribution in [1.82, 2.24) is 24.0 Å². The van der Waals surface area contributed by atoms with E-state index in [2.05, 4.69) is 41.3 Å². The molecule has 11 heteroatoms. The fourth-order valence-corrected chi connectivity index (χ4v) is 6.40. The minimum Gasteiger partial charge on any atom is -0.327 e. The highest BCUT2D eigenvalue weighted by atomic mass is 35.5. The van der Waals surface area contributed by atoms with Crippen LogP contribution in [0.5, 0.6) is 0 Å². The molecular formula is C33H39Cl2N7O2. The first-order valence-corrected chi connectivity index (χ1v) is 15.8. The molecule has 0 aliphatic carbocycles. The number of aryl methyl sites for hydroxylation is 1.